The third kappa shape index (κ3) is 3.27. The maximum Gasteiger partial charge on any atom is 0.0123 e. The summed E-state index contributed by atoms with van der Waals surface area (Å²) in [4.78, 5) is 2.61. The third-order valence-corrected chi connectivity index (χ3v) is 3.68. The van der Waals surface area contributed by atoms with Gasteiger partial charge in [-0.15, -0.1) is 0 Å². The molecule has 0 spiro atoms. The first-order valence-electron chi connectivity index (χ1n) is 6.01. The number of rotatable bonds is 5. The summed E-state index contributed by atoms with van der Waals surface area (Å²) < 4.78 is 0. The smallest absolute Gasteiger partial charge is 0.0123 e. The van der Waals surface area contributed by atoms with Crippen molar-refractivity contribution in [1.29, 1.82) is 0 Å². The first-order chi connectivity index (χ1) is 6.24. The van der Waals surface area contributed by atoms with E-state index in [4.69, 9.17) is 0 Å². The second-order valence-electron chi connectivity index (χ2n) is 5.65. The fraction of sp³-hybridized carbons (Fsp3) is 1.00. The standard InChI is InChI=1S/C13H29N/c1-9-13(7,8)12(6)14(10(2)3)11(4)5/h10-12H,9H2,1-8H3. The highest BCUT2D eigenvalue weighted by Crippen LogP contribution is 2.30. The predicted octanol–water partition coefficient (Wildman–Crippen LogP) is 3.93. The van der Waals surface area contributed by atoms with Gasteiger partial charge in [0.15, 0.2) is 0 Å². The molecule has 0 rings (SSSR count). The predicted molar refractivity (Wildman–Crippen MR) is 65.6 cm³/mol. The Balaban J connectivity index is 4.68. The van der Waals surface area contributed by atoms with E-state index in [2.05, 4.69) is 60.3 Å². The molecule has 1 nitrogen and oxygen atoms in total. The van der Waals surface area contributed by atoms with E-state index in [1.54, 1.807) is 0 Å². The Morgan fingerprint density at radius 2 is 1.29 bits per heavy atom. The second-order valence-corrected chi connectivity index (χ2v) is 5.65. The number of nitrogens with zero attached hydrogens (tertiary/aromatic N) is 1. The highest BCUT2D eigenvalue weighted by atomic mass is 15.2. The lowest BCUT2D eigenvalue weighted by molar-refractivity contribution is 0.0431. The number of hydrogen-bond acceptors (Lipinski definition) is 1. The summed E-state index contributed by atoms with van der Waals surface area (Å²) in [6, 6.07) is 1.92. The van der Waals surface area contributed by atoms with Crippen molar-refractivity contribution in [1.82, 2.24) is 4.90 Å². The molecule has 0 aliphatic carbocycles. The molecule has 1 heteroatoms. The molecule has 0 heterocycles. The first kappa shape index (κ1) is 14.0. The molecular weight excluding hydrogens is 170 g/mol. The lowest BCUT2D eigenvalue weighted by Crippen LogP contribution is -2.50. The average Bonchev–Trinajstić information content (AvgIpc) is 2.02. The minimum absolute atomic E-state index is 0.411. The molecule has 0 saturated carbocycles. The van der Waals surface area contributed by atoms with Crippen LogP contribution < -0.4 is 0 Å². The second kappa shape index (κ2) is 5.16. The van der Waals surface area contributed by atoms with Gasteiger partial charge in [-0.1, -0.05) is 20.8 Å². The van der Waals surface area contributed by atoms with E-state index in [1.165, 1.54) is 6.42 Å². The van der Waals surface area contributed by atoms with Gasteiger partial charge >= 0.3 is 0 Å². The summed E-state index contributed by atoms with van der Waals surface area (Å²) in [6.07, 6.45) is 1.24. The van der Waals surface area contributed by atoms with Crippen molar-refractivity contribution >= 4 is 0 Å². The third-order valence-electron chi connectivity index (χ3n) is 3.68. The summed E-state index contributed by atoms with van der Waals surface area (Å²) >= 11 is 0. The number of hydrogen-bond donors (Lipinski definition) is 0. The summed E-state index contributed by atoms with van der Waals surface area (Å²) in [5.41, 5.74) is 0.411. The van der Waals surface area contributed by atoms with Crippen LogP contribution in [-0.2, 0) is 0 Å². The summed E-state index contributed by atoms with van der Waals surface area (Å²) in [5, 5.41) is 0. The van der Waals surface area contributed by atoms with E-state index in [9.17, 15) is 0 Å². The molecular formula is C13H29N. The van der Waals surface area contributed by atoms with Crippen LogP contribution in [0.15, 0.2) is 0 Å². The van der Waals surface area contributed by atoms with Gasteiger partial charge < -0.3 is 0 Å². The van der Waals surface area contributed by atoms with Crippen molar-refractivity contribution in [3.05, 3.63) is 0 Å². The monoisotopic (exact) mass is 199 g/mol. The van der Waals surface area contributed by atoms with Crippen molar-refractivity contribution in [3.8, 4) is 0 Å². The Labute approximate surface area is 90.9 Å². The van der Waals surface area contributed by atoms with Gasteiger partial charge in [-0.25, -0.2) is 0 Å². The molecule has 0 bridgehead atoms. The molecule has 0 aromatic heterocycles. The van der Waals surface area contributed by atoms with E-state index < -0.39 is 0 Å². The molecule has 0 radical (unpaired) electrons. The Morgan fingerprint density at radius 1 is 0.929 bits per heavy atom. The van der Waals surface area contributed by atoms with Crippen LogP contribution in [0.2, 0.25) is 0 Å². The summed E-state index contributed by atoms with van der Waals surface area (Å²) in [6.45, 7) is 18.6. The Hall–Kier alpha value is -0.0400. The Kier molecular flexibility index (Phi) is 5.14. The van der Waals surface area contributed by atoms with Crippen molar-refractivity contribution in [2.24, 2.45) is 5.41 Å². The van der Waals surface area contributed by atoms with Crippen molar-refractivity contribution < 1.29 is 0 Å². The Morgan fingerprint density at radius 3 is 1.50 bits per heavy atom. The van der Waals surface area contributed by atoms with E-state index in [0.29, 0.717) is 23.5 Å². The van der Waals surface area contributed by atoms with Crippen LogP contribution in [0.25, 0.3) is 0 Å². The molecule has 0 aromatic rings. The fourth-order valence-electron chi connectivity index (χ4n) is 2.19. The molecule has 1 atom stereocenters. The minimum Gasteiger partial charge on any atom is -0.295 e. The van der Waals surface area contributed by atoms with Crippen LogP contribution >= 0.6 is 0 Å². The van der Waals surface area contributed by atoms with Crippen LogP contribution in [0.5, 0.6) is 0 Å². The first-order valence-corrected chi connectivity index (χ1v) is 6.01. The molecule has 86 valence electrons. The Bertz CT molecular complexity index is 151. The van der Waals surface area contributed by atoms with Crippen LogP contribution in [0, 0.1) is 5.41 Å². The zero-order valence-electron chi connectivity index (χ0n) is 11.4. The molecule has 0 aromatic carbocycles. The van der Waals surface area contributed by atoms with Crippen molar-refractivity contribution in [2.45, 2.75) is 79.9 Å². The highest BCUT2D eigenvalue weighted by molar-refractivity contribution is 4.85. The molecule has 0 amide bonds. The van der Waals surface area contributed by atoms with Gasteiger partial charge in [-0.2, -0.15) is 0 Å². The van der Waals surface area contributed by atoms with Crippen LogP contribution in [0.3, 0.4) is 0 Å². The lowest BCUT2D eigenvalue weighted by atomic mass is 9.81. The van der Waals surface area contributed by atoms with Gasteiger partial charge in [0.05, 0.1) is 0 Å². The SMILES string of the molecule is CCC(C)(C)C(C)N(C(C)C)C(C)C. The molecule has 0 saturated heterocycles. The van der Waals surface area contributed by atoms with E-state index >= 15 is 0 Å². The maximum atomic E-state index is 2.61. The maximum absolute atomic E-state index is 2.61. The largest absolute Gasteiger partial charge is 0.295 e. The minimum atomic E-state index is 0.411. The molecule has 0 fully saturated rings. The van der Waals surface area contributed by atoms with Crippen molar-refractivity contribution in [2.75, 3.05) is 0 Å². The van der Waals surface area contributed by atoms with Gasteiger partial charge in [0.2, 0.25) is 0 Å². The molecule has 0 aliphatic rings. The van der Waals surface area contributed by atoms with Gasteiger partial charge in [-0.3, -0.25) is 4.90 Å². The lowest BCUT2D eigenvalue weighted by Gasteiger charge is -2.44. The van der Waals surface area contributed by atoms with Crippen molar-refractivity contribution in [3.63, 3.8) is 0 Å². The zero-order chi connectivity index (χ0) is 11.5. The van der Waals surface area contributed by atoms with E-state index in [0.717, 1.165) is 0 Å². The van der Waals surface area contributed by atoms with E-state index in [-0.39, 0.29) is 0 Å². The zero-order valence-corrected chi connectivity index (χ0v) is 11.4. The van der Waals surface area contributed by atoms with Crippen LogP contribution in [0.1, 0.15) is 61.8 Å². The van der Waals surface area contributed by atoms with E-state index in [1.807, 2.05) is 0 Å². The van der Waals surface area contributed by atoms with Crippen LogP contribution in [0.4, 0.5) is 0 Å². The fourth-order valence-corrected chi connectivity index (χ4v) is 2.19. The van der Waals surface area contributed by atoms with Gasteiger partial charge in [0.1, 0.15) is 0 Å². The van der Waals surface area contributed by atoms with Gasteiger partial charge in [0.25, 0.3) is 0 Å². The molecule has 14 heavy (non-hydrogen) atoms. The topological polar surface area (TPSA) is 3.24 Å². The normalized spacial score (nSPS) is 15.6. The van der Waals surface area contributed by atoms with Gasteiger partial charge in [0, 0.05) is 18.1 Å². The molecule has 0 N–H and O–H groups in total. The molecule has 1 unspecified atom stereocenters. The molecule has 0 aliphatic heterocycles. The van der Waals surface area contributed by atoms with Crippen LogP contribution in [-0.4, -0.2) is 23.0 Å². The van der Waals surface area contributed by atoms with Gasteiger partial charge in [-0.05, 0) is 46.5 Å². The summed E-state index contributed by atoms with van der Waals surface area (Å²) in [7, 11) is 0. The average molecular weight is 199 g/mol. The highest BCUT2D eigenvalue weighted by Gasteiger charge is 2.31. The summed E-state index contributed by atoms with van der Waals surface area (Å²) in [5.74, 6) is 0. The quantitative estimate of drug-likeness (QED) is 0.648.